The molecule has 3 aromatic rings. The number of hydrogen-bond acceptors (Lipinski definition) is 4. The zero-order valence-corrected chi connectivity index (χ0v) is 18.4. The Morgan fingerprint density at radius 1 is 0.967 bits per heavy atom. The minimum Gasteiger partial charge on any atom is -0.289 e. The molecule has 0 radical (unpaired) electrons. The molecule has 0 amide bonds. The van der Waals surface area contributed by atoms with Gasteiger partial charge in [-0.2, -0.15) is 0 Å². The molecule has 5 nitrogen and oxygen atoms in total. The highest BCUT2D eigenvalue weighted by atomic mass is 35.5. The molecule has 4 rings (SSSR count). The summed E-state index contributed by atoms with van der Waals surface area (Å²) in [6.45, 7) is 1.23. The van der Waals surface area contributed by atoms with Crippen LogP contribution in [0, 0.1) is 0 Å². The highest BCUT2D eigenvalue weighted by Crippen LogP contribution is 2.33. The lowest BCUT2D eigenvalue weighted by molar-refractivity contribution is 0.105. The molecular weight excluding hydrogens is 441 g/mol. The summed E-state index contributed by atoms with van der Waals surface area (Å²) in [6.07, 6.45) is 3.20. The first-order valence-corrected chi connectivity index (χ1v) is 11.9. The summed E-state index contributed by atoms with van der Waals surface area (Å²) in [6, 6.07) is 18.8. The first kappa shape index (κ1) is 21.3. The molecule has 1 aliphatic heterocycles. The number of nitrogens with zero attached hydrogens (tertiary/aromatic N) is 2. The molecule has 1 N–H and O–H groups in total. The third kappa shape index (κ3) is 5.20. The van der Waals surface area contributed by atoms with E-state index in [4.69, 9.17) is 23.2 Å². The van der Waals surface area contributed by atoms with Crippen molar-refractivity contribution in [3.05, 3.63) is 99.8 Å². The van der Waals surface area contributed by atoms with Gasteiger partial charge in [-0.3, -0.25) is 9.88 Å². The van der Waals surface area contributed by atoms with E-state index in [-0.39, 0.29) is 17.8 Å². The molecule has 2 heterocycles. The molecule has 1 aromatic heterocycles. The van der Waals surface area contributed by atoms with Gasteiger partial charge in [-0.05, 0) is 47.0 Å². The molecule has 0 saturated carbocycles. The van der Waals surface area contributed by atoms with Crippen molar-refractivity contribution in [2.75, 3.05) is 13.1 Å². The van der Waals surface area contributed by atoms with Crippen LogP contribution in [-0.2, 0) is 15.8 Å². The second-order valence-corrected chi connectivity index (χ2v) is 10.0. The van der Waals surface area contributed by atoms with Crippen LogP contribution in [0.5, 0.6) is 0 Å². The lowest BCUT2D eigenvalue weighted by atomic mass is 9.93. The van der Waals surface area contributed by atoms with Crippen LogP contribution in [0.4, 0.5) is 0 Å². The predicted molar refractivity (Wildman–Crippen MR) is 120 cm³/mol. The van der Waals surface area contributed by atoms with Crippen molar-refractivity contribution in [3.63, 3.8) is 0 Å². The number of likely N-dealkylation sites (tertiary alicyclic amines) is 1. The number of benzene rings is 2. The summed E-state index contributed by atoms with van der Waals surface area (Å²) < 4.78 is 27.8. The first-order valence-electron chi connectivity index (χ1n) is 9.53. The zero-order valence-electron chi connectivity index (χ0n) is 16.1. The van der Waals surface area contributed by atoms with Gasteiger partial charge in [0.25, 0.3) is 0 Å². The van der Waals surface area contributed by atoms with Crippen LogP contribution < -0.4 is 4.72 Å². The monoisotopic (exact) mass is 461 g/mol. The largest absolute Gasteiger partial charge is 0.289 e. The minimum atomic E-state index is -3.44. The predicted octanol–water partition coefficient (Wildman–Crippen LogP) is 4.28. The Morgan fingerprint density at radius 3 is 2.03 bits per heavy atom. The molecule has 30 heavy (non-hydrogen) atoms. The molecule has 0 unspecified atom stereocenters. The van der Waals surface area contributed by atoms with E-state index in [9.17, 15) is 8.42 Å². The fourth-order valence-electron chi connectivity index (χ4n) is 3.70. The summed E-state index contributed by atoms with van der Waals surface area (Å²) >= 11 is 12.1. The lowest BCUT2D eigenvalue weighted by Gasteiger charge is -2.44. The van der Waals surface area contributed by atoms with Crippen molar-refractivity contribution in [2.45, 2.75) is 17.8 Å². The van der Waals surface area contributed by atoms with Gasteiger partial charge in [0.2, 0.25) is 10.0 Å². The van der Waals surface area contributed by atoms with Crippen LogP contribution in [0.1, 0.15) is 22.7 Å². The normalized spacial score (nSPS) is 15.3. The molecule has 1 fully saturated rings. The highest BCUT2D eigenvalue weighted by molar-refractivity contribution is 7.88. The smallest absolute Gasteiger partial charge is 0.216 e. The van der Waals surface area contributed by atoms with E-state index in [0.29, 0.717) is 28.7 Å². The maximum Gasteiger partial charge on any atom is 0.216 e. The van der Waals surface area contributed by atoms with Crippen LogP contribution >= 0.6 is 23.2 Å². The van der Waals surface area contributed by atoms with E-state index in [1.807, 2.05) is 48.5 Å². The van der Waals surface area contributed by atoms with Gasteiger partial charge in [0.15, 0.2) is 0 Å². The fourth-order valence-corrected chi connectivity index (χ4v) is 5.30. The maximum absolute atomic E-state index is 12.5. The van der Waals surface area contributed by atoms with Crippen LogP contribution in [0.25, 0.3) is 0 Å². The minimum absolute atomic E-state index is 0.00129. The number of nitrogens with one attached hydrogen (secondary N) is 1. The molecule has 0 aliphatic carbocycles. The summed E-state index contributed by atoms with van der Waals surface area (Å²) in [5, 5.41) is 1.36. The standard InChI is InChI=1S/C22H21Cl2N3O2S/c23-19-7-3-17(4-8-19)22(18-5-9-20(24)10-6-18)27-13-21(14-27)26-30(28,29)15-16-2-1-11-25-12-16/h1-12,21-22,26H,13-15H2. The second kappa shape index (κ2) is 9.04. The van der Waals surface area contributed by atoms with Crippen molar-refractivity contribution in [3.8, 4) is 0 Å². The molecule has 0 atom stereocenters. The summed E-state index contributed by atoms with van der Waals surface area (Å²) in [4.78, 5) is 6.22. The molecule has 8 heteroatoms. The number of rotatable bonds is 7. The Kier molecular flexibility index (Phi) is 6.41. The van der Waals surface area contributed by atoms with E-state index in [0.717, 1.165) is 11.1 Å². The molecule has 1 aliphatic rings. The summed E-state index contributed by atoms with van der Waals surface area (Å²) in [7, 11) is -3.44. The highest BCUT2D eigenvalue weighted by Gasteiger charge is 2.36. The third-order valence-corrected chi connectivity index (χ3v) is 6.98. The quantitative estimate of drug-likeness (QED) is 0.570. The Balaban J connectivity index is 1.46. The third-order valence-electron chi connectivity index (χ3n) is 5.07. The van der Waals surface area contributed by atoms with Gasteiger partial charge in [-0.25, -0.2) is 13.1 Å². The number of pyridine rings is 1. The maximum atomic E-state index is 12.5. The van der Waals surface area contributed by atoms with Crippen molar-refractivity contribution in [1.82, 2.24) is 14.6 Å². The van der Waals surface area contributed by atoms with E-state index in [1.165, 1.54) is 0 Å². The Hall–Kier alpha value is -1.96. The van der Waals surface area contributed by atoms with Crippen molar-refractivity contribution < 1.29 is 8.42 Å². The molecule has 0 bridgehead atoms. The van der Waals surface area contributed by atoms with E-state index < -0.39 is 10.0 Å². The van der Waals surface area contributed by atoms with Crippen molar-refractivity contribution in [1.29, 1.82) is 0 Å². The average Bonchev–Trinajstić information content (AvgIpc) is 2.69. The van der Waals surface area contributed by atoms with Crippen LogP contribution in [0.15, 0.2) is 73.1 Å². The van der Waals surface area contributed by atoms with Crippen LogP contribution in [0.3, 0.4) is 0 Å². The summed E-state index contributed by atoms with van der Waals surface area (Å²) in [5.41, 5.74) is 2.86. The number of halogens is 2. The van der Waals surface area contributed by atoms with Gasteiger partial charge in [0, 0.05) is 41.6 Å². The number of sulfonamides is 1. The number of aromatic nitrogens is 1. The van der Waals surface area contributed by atoms with E-state index in [1.54, 1.807) is 24.5 Å². The SMILES string of the molecule is O=S(=O)(Cc1cccnc1)NC1CN(C(c2ccc(Cl)cc2)c2ccc(Cl)cc2)C1. The van der Waals surface area contributed by atoms with Crippen molar-refractivity contribution in [2.24, 2.45) is 0 Å². The van der Waals surface area contributed by atoms with E-state index in [2.05, 4.69) is 14.6 Å². The second-order valence-electron chi connectivity index (χ2n) is 7.39. The van der Waals surface area contributed by atoms with Crippen molar-refractivity contribution >= 4 is 33.2 Å². The summed E-state index contributed by atoms with van der Waals surface area (Å²) in [5.74, 6) is -0.0743. The molecule has 2 aromatic carbocycles. The van der Waals surface area contributed by atoms with Gasteiger partial charge >= 0.3 is 0 Å². The Morgan fingerprint density at radius 2 is 1.53 bits per heavy atom. The Bertz CT molecular complexity index is 1040. The molecular formula is C22H21Cl2N3O2S. The average molecular weight is 462 g/mol. The zero-order chi connectivity index (χ0) is 21.1. The van der Waals surface area contributed by atoms with Crippen LogP contribution in [0.2, 0.25) is 10.0 Å². The Labute approximate surface area is 186 Å². The molecule has 1 saturated heterocycles. The van der Waals surface area contributed by atoms with Crippen LogP contribution in [-0.4, -0.2) is 37.4 Å². The topological polar surface area (TPSA) is 62.3 Å². The van der Waals surface area contributed by atoms with Gasteiger partial charge in [0.05, 0.1) is 11.8 Å². The van der Waals surface area contributed by atoms with Gasteiger partial charge < -0.3 is 0 Å². The van der Waals surface area contributed by atoms with E-state index >= 15 is 0 Å². The van der Waals surface area contributed by atoms with Gasteiger partial charge in [-0.1, -0.05) is 53.5 Å². The molecule has 0 spiro atoms. The fraction of sp³-hybridized carbons (Fsp3) is 0.227. The molecule has 156 valence electrons. The number of hydrogen-bond donors (Lipinski definition) is 1. The lowest BCUT2D eigenvalue weighted by Crippen LogP contribution is -2.60. The first-order chi connectivity index (χ1) is 14.4. The van der Waals surface area contributed by atoms with Gasteiger partial charge in [0.1, 0.15) is 0 Å². The van der Waals surface area contributed by atoms with Gasteiger partial charge in [-0.15, -0.1) is 0 Å².